The average molecular weight is 343 g/mol. The minimum atomic E-state index is -0.218. The van der Waals surface area contributed by atoms with Gasteiger partial charge in [-0.25, -0.2) is 4.68 Å². The van der Waals surface area contributed by atoms with E-state index in [1.165, 1.54) is 0 Å². The van der Waals surface area contributed by atoms with Crippen molar-refractivity contribution in [1.29, 1.82) is 0 Å². The summed E-state index contributed by atoms with van der Waals surface area (Å²) in [6, 6.07) is 7.79. The number of aliphatic hydroxyl groups excluding tert-OH is 1. The van der Waals surface area contributed by atoms with E-state index >= 15 is 0 Å². The van der Waals surface area contributed by atoms with Crippen LogP contribution in [0.3, 0.4) is 0 Å². The number of likely N-dealkylation sites (tertiary alicyclic amines) is 1. The van der Waals surface area contributed by atoms with E-state index in [0.29, 0.717) is 18.7 Å². The lowest BCUT2D eigenvalue weighted by Gasteiger charge is -2.21. The second kappa shape index (κ2) is 6.98. The molecule has 1 amide bonds. The second-order valence-corrected chi connectivity index (χ2v) is 6.82. The zero-order valence-corrected chi connectivity index (χ0v) is 15.2. The van der Waals surface area contributed by atoms with Crippen LogP contribution < -0.4 is 0 Å². The Morgan fingerprint density at radius 3 is 2.52 bits per heavy atom. The van der Waals surface area contributed by atoms with Crippen LogP contribution in [0.15, 0.2) is 24.3 Å². The number of hydrogen-bond acceptors (Lipinski definition) is 4. The molecule has 25 heavy (non-hydrogen) atoms. The SMILES string of the molecule is CO[C@@H]1C[C@@H](CO)N(C(=O)c2cc(C)n(-c3cc(C)cc(C)c3)n2)C1. The van der Waals surface area contributed by atoms with E-state index in [9.17, 15) is 9.90 Å². The van der Waals surface area contributed by atoms with E-state index in [4.69, 9.17) is 4.74 Å². The highest BCUT2D eigenvalue weighted by molar-refractivity contribution is 5.93. The van der Waals surface area contributed by atoms with E-state index in [2.05, 4.69) is 23.3 Å². The standard InChI is InChI=1S/C19H25N3O3/c1-12-5-13(2)7-15(6-12)22-14(3)8-18(20-22)19(24)21-10-17(25-4)9-16(21)11-23/h5-8,16-17,23H,9-11H2,1-4H3/t16-,17+/m0/s1. The van der Waals surface area contributed by atoms with Crippen molar-refractivity contribution in [3.63, 3.8) is 0 Å². The highest BCUT2D eigenvalue weighted by Crippen LogP contribution is 2.23. The lowest BCUT2D eigenvalue weighted by molar-refractivity contribution is 0.0641. The molecule has 1 fully saturated rings. The van der Waals surface area contributed by atoms with Crippen molar-refractivity contribution >= 4 is 5.91 Å². The monoisotopic (exact) mass is 343 g/mol. The Balaban J connectivity index is 1.90. The third kappa shape index (κ3) is 3.45. The number of aromatic nitrogens is 2. The van der Waals surface area contributed by atoms with Crippen LogP contribution in [0, 0.1) is 20.8 Å². The first-order valence-corrected chi connectivity index (χ1v) is 8.53. The molecule has 134 valence electrons. The van der Waals surface area contributed by atoms with E-state index in [1.807, 2.05) is 20.8 Å². The zero-order chi connectivity index (χ0) is 18.1. The molecule has 1 saturated heterocycles. The van der Waals surface area contributed by atoms with Gasteiger partial charge in [0.15, 0.2) is 5.69 Å². The van der Waals surface area contributed by atoms with Gasteiger partial charge < -0.3 is 14.7 Å². The first-order valence-electron chi connectivity index (χ1n) is 8.53. The Bertz CT molecular complexity index is 764. The first-order chi connectivity index (χ1) is 11.9. The van der Waals surface area contributed by atoms with Crippen molar-refractivity contribution in [2.24, 2.45) is 0 Å². The fourth-order valence-corrected chi connectivity index (χ4v) is 3.53. The predicted octanol–water partition coefficient (Wildman–Crippen LogP) is 2.02. The molecule has 3 rings (SSSR count). The van der Waals surface area contributed by atoms with Crippen LogP contribution in [0.1, 0.15) is 33.7 Å². The van der Waals surface area contributed by atoms with Crippen LogP contribution >= 0.6 is 0 Å². The van der Waals surface area contributed by atoms with Gasteiger partial charge >= 0.3 is 0 Å². The van der Waals surface area contributed by atoms with Crippen LogP contribution in [-0.4, -0.2) is 58.1 Å². The molecule has 1 aromatic carbocycles. The van der Waals surface area contributed by atoms with E-state index in [0.717, 1.165) is 22.5 Å². The Kier molecular flexibility index (Phi) is 4.92. The number of hydrogen-bond donors (Lipinski definition) is 1. The Morgan fingerprint density at radius 1 is 1.24 bits per heavy atom. The number of methoxy groups -OCH3 is 1. The van der Waals surface area contributed by atoms with Gasteiger partial charge in [-0.05, 0) is 56.5 Å². The average Bonchev–Trinajstić information content (AvgIpc) is 3.16. The van der Waals surface area contributed by atoms with Gasteiger partial charge in [0.2, 0.25) is 0 Å². The number of ether oxygens (including phenoxy) is 1. The molecule has 1 N–H and O–H groups in total. The van der Waals surface area contributed by atoms with Gasteiger partial charge in [0.05, 0.1) is 24.4 Å². The minimum absolute atomic E-state index is 0.0382. The molecule has 2 atom stereocenters. The number of aliphatic hydroxyl groups is 1. The summed E-state index contributed by atoms with van der Waals surface area (Å²) in [4.78, 5) is 14.6. The number of carbonyl (C=O) groups is 1. The number of rotatable bonds is 4. The lowest BCUT2D eigenvalue weighted by atomic mass is 10.1. The summed E-state index contributed by atoms with van der Waals surface area (Å²) in [7, 11) is 1.63. The Morgan fingerprint density at radius 2 is 1.92 bits per heavy atom. The second-order valence-electron chi connectivity index (χ2n) is 6.82. The van der Waals surface area contributed by atoms with Gasteiger partial charge in [-0.1, -0.05) is 6.07 Å². The first kappa shape index (κ1) is 17.6. The summed E-state index contributed by atoms with van der Waals surface area (Å²) in [5.74, 6) is -0.162. The molecular formula is C19H25N3O3. The maximum Gasteiger partial charge on any atom is 0.274 e. The number of amides is 1. The third-order valence-electron chi connectivity index (χ3n) is 4.74. The molecule has 0 aliphatic carbocycles. The van der Waals surface area contributed by atoms with Gasteiger partial charge in [-0.15, -0.1) is 0 Å². The molecule has 6 heteroatoms. The molecule has 0 saturated carbocycles. The molecule has 1 aliphatic rings. The van der Waals surface area contributed by atoms with Gasteiger partial charge in [0.25, 0.3) is 5.91 Å². The molecule has 0 radical (unpaired) electrons. The smallest absolute Gasteiger partial charge is 0.274 e. The number of nitrogens with zero attached hydrogens (tertiary/aromatic N) is 3. The van der Waals surface area contributed by atoms with Crippen LogP contribution in [0.2, 0.25) is 0 Å². The van der Waals surface area contributed by atoms with Crippen molar-refractivity contribution < 1.29 is 14.6 Å². The molecule has 1 aromatic heterocycles. The zero-order valence-electron chi connectivity index (χ0n) is 15.2. The minimum Gasteiger partial charge on any atom is -0.394 e. The van der Waals surface area contributed by atoms with Crippen LogP contribution in [0.25, 0.3) is 5.69 Å². The topological polar surface area (TPSA) is 67.6 Å². The quantitative estimate of drug-likeness (QED) is 0.922. The molecule has 2 heterocycles. The Labute approximate surface area is 148 Å². The van der Waals surface area contributed by atoms with Crippen molar-refractivity contribution in [2.75, 3.05) is 20.3 Å². The normalized spacial score (nSPS) is 20.3. The van der Waals surface area contributed by atoms with Crippen LogP contribution in [-0.2, 0) is 4.74 Å². The summed E-state index contributed by atoms with van der Waals surface area (Å²) in [5, 5.41) is 14.1. The summed E-state index contributed by atoms with van der Waals surface area (Å²) < 4.78 is 7.15. The van der Waals surface area contributed by atoms with Gasteiger partial charge in [-0.2, -0.15) is 5.10 Å². The van der Waals surface area contributed by atoms with Crippen molar-refractivity contribution in [3.8, 4) is 5.69 Å². The number of aryl methyl sites for hydroxylation is 3. The summed E-state index contributed by atoms with van der Waals surface area (Å²) >= 11 is 0. The third-order valence-corrected chi connectivity index (χ3v) is 4.74. The molecule has 6 nitrogen and oxygen atoms in total. The van der Waals surface area contributed by atoms with Gasteiger partial charge in [0.1, 0.15) is 0 Å². The molecule has 0 spiro atoms. The molecule has 0 bridgehead atoms. The van der Waals surface area contributed by atoms with Gasteiger partial charge in [-0.3, -0.25) is 4.79 Å². The number of carbonyl (C=O) groups excluding carboxylic acids is 1. The fraction of sp³-hybridized carbons (Fsp3) is 0.474. The maximum absolute atomic E-state index is 12.9. The lowest BCUT2D eigenvalue weighted by Crippen LogP contribution is -2.38. The van der Waals surface area contributed by atoms with Crippen molar-refractivity contribution in [2.45, 2.75) is 39.3 Å². The maximum atomic E-state index is 12.9. The number of benzene rings is 1. The molecule has 0 unspecified atom stereocenters. The van der Waals surface area contributed by atoms with Gasteiger partial charge in [0, 0.05) is 19.3 Å². The van der Waals surface area contributed by atoms with E-state index in [1.54, 1.807) is 22.8 Å². The van der Waals surface area contributed by atoms with Crippen LogP contribution in [0.5, 0.6) is 0 Å². The predicted molar refractivity (Wildman–Crippen MR) is 95.1 cm³/mol. The molecular weight excluding hydrogens is 318 g/mol. The summed E-state index contributed by atoms with van der Waals surface area (Å²) in [5.41, 5.74) is 4.55. The highest BCUT2D eigenvalue weighted by Gasteiger charge is 2.36. The van der Waals surface area contributed by atoms with Crippen LogP contribution in [0.4, 0.5) is 0 Å². The van der Waals surface area contributed by atoms with Crippen molar-refractivity contribution in [3.05, 3.63) is 46.8 Å². The Hall–Kier alpha value is -2.18. The van der Waals surface area contributed by atoms with Crippen molar-refractivity contribution in [1.82, 2.24) is 14.7 Å². The molecule has 1 aliphatic heterocycles. The fourth-order valence-electron chi connectivity index (χ4n) is 3.53. The van der Waals surface area contributed by atoms with E-state index < -0.39 is 0 Å². The summed E-state index contributed by atoms with van der Waals surface area (Å²) in [6.07, 6.45) is 0.610. The molecule has 2 aromatic rings. The largest absolute Gasteiger partial charge is 0.394 e. The van der Waals surface area contributed by atoms with E-state index in [-0.39, 0.29) is 24.7 Å². The highest BCUT2D eigenvalue weighted by atomic mass is 16.5. The summed E-state index contributed by atoms with van der Waals surface area (Å²) in [6.45, 7) is 6.44.